The summed E-state index contributed by atoms with van der Waals surface area (Å²) in [7, 11) is 1.62. The molecule has 2 heterocycles. The average molecular weight is 555 g/mol. The van der Waals surface area contributed by atoms with E-state index in [9.17, 15) is 14.3 Å². The van der Waals surface area contributed by atoms with Crippen molar-refractivity contribution in [3.63, 3.8) is 0 Å². The van der Waals surface area contributed by atoms with Crippen LogP contribution < -0.4 is 14.2 Å². The highest BCUT2D eigenvalue weighted by atomic mass is 19.1. The zero-order valence-electron chi connectivity index (χ0n) is 23.5. The van der Waals surface area contributed by atoms with E-state index in [1.807, 2.05) is 30.6 Å². The van der Waals surface area contributed by atoms with E-state index in [1.54, 1.807) is 12.0 Å². The number of halogens is 1. The van der Waals surface area contributed by atoms with Crippen LogP contribution in [0.2, 0.25) is 0 Å². The Hall–Kier alpha value is -3.63. The molecule has 1 atom stereocenters. The molecule has 0 aliphatic carbocycles. The number of aryl methyl sites for hydroxylation is 2. The number of ether oxygens (including phenoxy) is 3. The zero-order valence-corrected chi connectivity index (χ0v) is 23.5. The molecule has 1 aromatic heterocycles. The highest BCUT2D eigenvalue weighted by molar-refractivity contribution is 5.73. The number of methoxy groups -OCH3 is 1. The first-order valence-corrected chi connectivity index (χ1v) is 13.7. The molecule has 216 valence electrons. The number of amides is 1. The summed E-state index contributed by atoms with van der Waals surface area (Å²) in [5.74, 6) is 2.37. The van der Waals surface area contributed by atoms with Gasteiger partial charge in [-0.1, -0.05) is 13.0 Å². The lowest BCUT2D eigenvalue weighted by atomic mass is 10.0. The Morgan fingerprint density at radius 1 is 1.10 bits per heavy atom. The summed E-state index contributed by atoms with van der Waals surface area (Å²) in [4.78, 5) is 20.4. The molecule has 0 radical (unpaired) electrons. The molecule has 1 aliphatic heterocycles. The summed E-state index contributed by atoms with van der Waals surface area (Å²) in [5.41, 5.74) is -0.315. The molecule has 3 aromatic rings. The Balaban J connectivity index is 1.41. The maximum atomic E-state index is 13.3. The fourth-order valence-electron chi connectivity index (χ4n) is 4.95. The second kappa shape index (κ2) is 13.6. The van der Waals surface area contributed by atoms with Crippen molar-refractivity contribution in [2.45, 2.75) is 45.4 Å². The van der Waals surface area contributed by atoms with Crippen LogP contribution >= 0.6 is 0 Å². The Morgan fingerprint density at radius 2 is 1.90 bits per heavy atom. The highest BCUT2D eigenvalue weighted by Gasteiger charge is 2.37. The first-order valence-electron chi connectivity index (χ1n) is 13.7. The van der Waals surface area contributed by atoms with E-state index in [4.69, 9.17) is 14.2 Å². The van der Waals surface area contributed by atoms with E-state index in [2.05, 4.69) is 21.4 Å². The number of nitrogens with zero attached hydrogens (tertiary/aromatic N) is 4. The van der Waals surface area contributed by atoms with Crippen molar-refractivity contribution in [1.29, 1.82) is 0 Å². The van der Waals surface area contributed by atoms with Gasteiger partial charge in [-0.3, -0.25) is 9.69 Å². The van der Waals surface area contributed by atoms with E-state index in [1.165, 1.54) is 31.2 Å². The van der Waals surface area contributed by atoms with Crippen LogP contribution in [0.1, 0.15) is 31.7 Å². The molecule has 1 saturated heterocycles. The van der Waals surface area contributed by atoms with Crippen molar-refractivity contribution >= 4 is 5.91 Å². The zero-order chi connectivity index (χ0) is 28.5. The van der Waals surface area contributed by atoms with E-state index >= 15 is 0 Å². The molecule has 0 bridgehead atoms. The Kier molecular flexibility index (Phi) is 10.0. The largest absolute Gasteiger partial charge is 0.493 e. The lowest BCUT2D eigenvalue weighted by Gasteiger charge is -2.32. The third kappa shape index (κ3) is 7.95. The predicted octanol–water partition coefficient (Wildman–Crippen LogP) is 3.54. The van der Waals surface area contributed by atoms with Gasteiger partial charge in [-0.05, 0) is 48.4 Å². The van der Waals surface area contributed by atoms with E-state index < -0.39 is 5.60 Å². The first-order chi connectivity index (χ1) is 19.3. The van der Waals surface area contributed by atoms with Crippen molar-refractivity contribution in [3.05, 3.63) is 72.1 Å². The maximum Gasteiger partial charge on any atom is 0.219 e. The van der Waals surface area contributed by atoms with Gasteiger partial charge >= 0.3 is 0 Å². The Bertz CT molecular complexity index is 1250. The number of hydrogen-bond donors (Lipinski definition) is 1. The number of hydrogen-bond acceptors (Lipinski definition) is 7. The van der Waals surface area contributed by atoms with E-state index in [0.717, 1.165) is 30.8 Å². The lowest BCUT2D eigenvalue weighted by Crippen LogP contribution is -2.51. The predicted molar refractivity (Wildman–Crippen MR) is 149 cm³/mol. The molecule has 10 heteroatoms. The van der Waals surface area contributed by atoms with Gasteiger partial charge in [0.2, 0.25) is 5.91 Å². The number of rotatable bonds is 12. The molecule has 40 heavy (non-hydrogen) atoms. The second-order valence-electron chi connectivity index (χ2n) is 10.2. The van der Waals surface area contributed by atoms with Gasteiger partial charge in [-0.2, -0.15) is 0 Å². The second-order valence-corrected chi connectivity index (χ2v) is 10.2. The van der Waals surface area contributed by atoms with Gasteiger partial charge in [0, 0.05) is 58.5 Å². The third-order valence-electron chi connectivity index (χ3n) is 7.01. The third-order valence-corrected chi connectivity index (χ3v) is 7.01. The van der Waals surface area contributed by atoms with Gasteiger partial charge in [0.25, 0.3) is 0 Å². The summed E-state index contributed by atoms with van der Waals surface area (Å²) in [5, 5.41) is 11.5. The minimum absolute atomic E-state index is 0.0352. The number of β-amino-alcohol motifs (C(OH)–C–C–N with tert-alkyl or cyclic N) is 1. The van der Waals surface area contributed by atoms with E-state index in [-0.39, 0.29) is 24.9 Å². The molecular weight excluding hydrogens is 515 g/mol. The molecule has 1 N–H and O–H groups in total. The summed E-state index contributed by atoms with van der Waals surface area (Å²) < 4.78 is 32.9. The van der Waals surface area contributed by atoms with Crippen molar-refractivity contribution in [3.8, 4) is 17.2 Å². The fraction of sp³-hybridized carbons (Fsp3) is 0.467. The number of carbonyl (C=O) groups excluding carboxylic acids is 1. The monoisotopic (exact) mass is 554 g/mol. The van der Waals surface area contributed by atoms with Crippen molar-refractivity contribution in [2.75, 3.05) is 46.5 Å². The SMILES string of the molecule is CCc1nccn1CCCOc1cc(CN2CCN(C(C)=O)C[C@@](O)(COc3ccc(F)cc3)C2)ccc1OC. The van der Waals surface area contributed by atoms with Crippen LogP contribution in [0, 0.1) is 5.82 Å². The molecule has 1 fully saturated rings. The first kappa shape index (κ1) is 29.4. The van der Waals surface area contributed by atoms with Crippen LogP contribution in [0.4, 0.5) is 4.39 Å². The molecule has 4 rings (SSSR count). The number of carbonyl (C=O) groups is 1. The number of aromatic nitrogens is 2. The molecular formula is C30H39FN4O5. The van der Waals surface area contributed by atoms with Crippen LogP contribution in [-0.2, 0) is 24.3 Å². The molecule has 2 aromatic carbocycles. The van der Waals surface area contributed by atoms with Crippen LogP contribution in [0.25, 0.3) is 0 Å². The summed E-state index contributed by atoms with van der Waals surface area (Å²) in [6.07, 6.45) is 5.52. The van der Waals surface area contributed by atoms with Crippen LogP contribution in [0.5, 0.6) is 17.2 Å². The lowest BCUT2D eigenvalue weighted by molar-refractivity contribution is -0.132. The molecule has 9 nitrogen and oxygen atoms in total. The van der Waals surface area contributed by atoms with Crippen LogP contribution in [0.15, 0.2) is 54.9 Å². The maximum absolute atomic E-state index is 13.3. The normalized spacial score (nSPS) is 17.9. The number of aliphatic hydroxyl groups is 1. The Morgan fingerprint density at radius 3 is 2.62 bits per heavy atom. The standard InChI is InChI=1S/C30H39FN4O5/c1-4-29-32-12-14-34(29)13-5-17-39-28-18-24(6-11-27(28)38-3)19-33-15-16-35(23(2)36)21-30(37,20-33)22-40-26-9-7-25(31)8-10-26/h6-12,14,18,37H,4-5,13,15-17,19-22H2,1-3H3/t30-/m1/s1. The summed E-state index contributed by atoms with van der Waals surface area (Å²) >= 11 is 0. The molecule has 0 saturated carbocycles. The van der Waals surface area contributed by atoms with Crippen molar-refractivity contribution in [1.82, 2.24) is 19.4 Å². The van der Waals surface area contributed by atoms with Crippen LogP contribution in [-0.4, -0.2) is 82.5 Å². The highest BCUT2D eigenvalue weighted by Crippen LogP contribution is 2.29. The number of benzene rings is 2. The molecule has 0 unspecified atom stereocenters. The average Bonchev–Trinajstić information content (AvgIpc) is 3.33. The minimum atomic E-state index is -1.31. The van der Waals surface area contributed by atoms with Crippen LogP contribution in [0.3, 0.4) is 0 Å². The van der Waals surface area contributed by atoms with Gasteiger partial charge in [-0.15, -0.1) is 0 Å². The molecule has 1 amide bonds. The summed E-state index contributed by atoms with van der Waals surface area (Å²) in [6, 6.07) is 11.5. The number of imidazole rings is 1. The smallest absolute Gasteiger partial charge is 0.219 e. The van der Waals surface area contributed by atoms with E-state index in [0.29, 0.717) is 50.0 Å². The molecule has 0 spiro atoms. The van der Waals surface area contributed by atoms with Crippen molar-refractivity contribution < 1.29 is 28.5 Å². The van der Waals surface area contributed by atoms with Gasteiger partial charge in [0.05, 0.1) is 20.3 Å². The molecule has 1 aliphatic rings. The topological polar surface area (TPSA) is 89.3 Å². The van der Waals surface area contributed by atoms with Gasteiger partial charge in [0.1, 0.15) is 29.6 Å². The summed E-state index contributed by atoms with van der Waals surface area (Å²) in [6.45, 7) is 6.97. The quantitative estimate of drug-likeness (QED) is 0.343. The van der Waals surface area contributed by atoms with Gasteiger partial charge in [0.15, 0.2) is 11.5 Å². The Labute approximate surface area is 235 Å². The van der Waals surface area contributed by atoms with Gasteiger partial charge < -0.3 is 28.8 Å². The van der Waals surface area contributed by atoms with Crippen molar-refractivity contribution in [2.24, 2.45) is 0 Å². The minimum Gasteiger partial charge on any atom is -0.493 e. The van der Waals surface area contributed by atoms with Gasteiger partial charge in [-0.25, -0.2) is 9.37 Å². The fourth-order valence-corrected chi connectivity index (χ4v) is 4.95.